The van der Waals surface area contributed by atoms with E-state index in [0.29, 0.717) is 11.3 Å². The van der Waals surface area contributed by atoms with Gasteiger partial charge in [-0.25, -0.2) is 0 Å². The third kappa shape index (κ3) is 6.57. The molecular formula is C18H17N3O3S. The van der Waals surface area contributed by atoms with Gasteiger partial charge in [0.05, 0.1) is 11.3 Å². The predicted molar refractivity (Wildman–Crippen MR) is 95.5 cm³/mol. The van der Waals surface area contributed by atoms with Gasteiger partial charge in [-0.3, -0.25) is 20.4 Å². The van der Waals surface area contributed by atoms with Gasteiger partial charge in [-0.05, 0) is 17.7 Å². The van der Waals surface area contributed by atoms with Crippen molar-refractivity contribution in [3.8, 4) is 11.8 Å². The van der Waals surface area contributed by atoms with Gasteiger partial charge in [0.1, 0.15) is 11.8 Å². The SMILES string of the molecule is N#Cc1ccccc1OCC(=O)NNC(=O)CSCc1ccccc1. The van der Waals surface area contributed by atoms with Crippen LogP contribution in [-0.4, -0.2) is 24.2 Å². The van der Waals surface area contributed by atoms with Gasteiger partial charge in [0, 0.05) is 5.75 Å². The van der Waals surface area contributed by atoms with E-state index in [4.69, 9.17) is 10.00 Å². The number of carbonyl (C=O) groups is 2. The lowest BCUT2D eigenvalue weighted by molar-refractivity contribution is -0.128. The Hall–Kier alpha value is -2.98. The lowest BCUT2D eigenvalue weighted by Crippen LogP contribution is -2.44. The third-order valence-electron chi connectivity index (χ3n) is 3.05. The maximum absolute atomic E-state index is 11.7. The highest BCUT2D eigenvalue weighted by Crippen LogP contribution is 2.16. The molecule has 2 aromatic rings. The van der Waals surface area contributed by atoms with Crippen LogP contribution >= 0.6 is 11.8 Å². The summed E-state index contributed by atoms with van der Waals surface area (Å²) in [6.45, 7) is -0.296. The van der Waals surface area contributed by atoms with Crippen LogP contribution in [0.15, 0.2) is 54.6 Å². The first kappa shape index (κ1) is 18.4. The van der Waals surface area contributed by atoms with Gasteiger partial charge in [-0.1, -0.05) is 42.5 Å². The number of para-hydroxylation sites is 1. The van der Waals surface area contributed by atoms with Crippen molar-refractivity contribution in [2.75, 3.05) is 12.4 Å². The topological polar surface area (TPSA) is 91.2 Å². The molecule has 2 rings (SSSR count). The van der Waals surface area contributed by atoms with Crippen LogP contribution in [0.1, 0.15) is 11.1 Å². The second-order valence-corrected chi connectivity index (χ2v) is 5.96. The predicted octanol–water partition coefficient (Wildman–Crippen LogP) is 2.02. The number of nitrogens with zero attached hydrogens (tertiary/aromatic N) is 1. The first-order valence-electron chi connectivity index (χ1n) is 7.50. The lowest BCUT2D eigenvalue weighted by atomic mass is 10.2. The molecule has 7 heteroatoms. The number of hydrogen-bond donors (Lipinski definition) is 2. The number of nitrogens with one attached hydrogen (secondary N) is 2. The van der Waals surface area contributed by atoms with E-state index in [9.17, 15) is 9.59 Å². The van der Waals surface area contributed by atoms with Crippen molar-refractivity contribution in [3.05, 3.63) is 65.7 Å². The molecule has 0 heterocycles. The molecule has 0 aliphatic carbocycles. The molecule has 0 spiro atoms. The molecule has 2 N–H and O–H groups in total. The number of ether oxygens (including phenoxy) is 1. The molecule has 2 aromatic carbocycles. The zero-order chi connectivity index (χ0) is 17.9. The zero-order valence-electron chi connectivity index (χ0n) is 13.4. The number of thioether (sulfide) groups is 1. The van der Waals surface area contributed by atoms with Gasteiger partial charge < -0.3 is 4.74 Å². The molecule has 6 nitrogen and oxygen atoms in total. The first-order chi connectivity index (χ1) is 12.2. The van der Waals surface area contributed by atoms with E-state index >= 15 is 0 Å². The second-order valence-electron chi connectivity index (χ2n) is 4.97. The fourth-order valence-corrected chi connectivity index (χ4v) is 2.66. The van der Waals surface area contributed by atoms with Gasteiger partial charge in [-0.15, -0.1) is 11.8 Å². The summed E-state index contributed by atoms with van der Waals surface area (Å²) in [6, 6.07) is 18.4. The van der Waals surface area contributed by atoms with Crippen molar-refractivity contribution in [2.45, 2.75) is 5.75 Å². The summed E-state index contributed by atoms with van der Waals surface area (Å²) in [6.07, 6.45) is 0. The van der Waals surface area contributed by atoms with Gasteiger partial charge in [-0.2, -0.15) is 5.26 Å². The minimum atomic E-state index is -0.505. The van der Waals surface area contributed by atoms with E-state index < -0.39 is 5.91 Å². The number of amides is 2. The van der Waals surface area contributed by atoms with E-state index in [-0.39, 0.29) is 18.3 Å². The normalized spacial score (nSPS) is 9.72. The molecule has 0 saturated heterocycles. The Morgan fingerprint density at radius 2 is 1.68 bits per heavy atom. The highest BCUT2D eigenvalue weighted by molar-refractivity contribution is 7.99. The molecule has 0 atom stereocenters. The lowest BCUT2D eigenvalue weighted by Gasteiger charge is -2.09. The van der Waals surface area contributed by atoms with Crippen molar-refractivity contribution in [1.29, 1.82) is 5.26 Å². The average Bonchev–Trinajstić information content (AvgIpc) is 2.65. The number of rotatable bonds is 7. The van der Waals surface area contributed by atoms with Gasteiger partial charge in [0.25, 0.3) is 5.91 Å². The van der Waals surface area contributed by atoms with E-state index in [1.165, 1.54) is 11.8 Å². The van der Waals surface area contributed by atoms with Crippen molar-refractivity contribution in [2.24, 2.45) is 0 Å². The Kier molecular flexibility index (Phi) is 7.35. The molecule has 128 valence electrons. The standard InChI is InChI=1S/C18H17N3O3S/c19-10-15-8-4-5-9-16(15)24-11-17(22)20-21-18(23)13-25-12-14-6-2-1-3-7-14/h1-9H,11-13H2,(H,20,22)(H,21,23). The van der Waals surface area contributed by atoms with E-state index in [2.05, 4.69) is 10.9 Å². The van der Waals surface area contributed by atoms with Crippen LogP contribution < -0.4 is 15.6 Å². The number of hydrazine groups is 1. The summed E-state index contributed by atoms with van der Waals surface area (Å²) < 4.78 is 5.27. The second kappa shape index (κ2) is 10.0. The van der Waals surface area contributed by atoms with E-state index in [0.717, 1.165) is 11.3 Å². The summed E-state index contributed by atoms with van der Waals surface area (Å²) in [5, 5.41) is 8.93. The zero-order valence-corrected chi connectivity index (χ0v) is 14.2. The van der Waals surface area contributed by atoms with E-state index in [1.54, 1.807) is 24.3 Å². The number of nitriles is 1. The highest BCUT2D eigenvalue weighted by Gasteiger charge is 2.08. The molecule has 0 aliphatic rings. The van der Waals surface area contributed by atoms with Crippen molar-refractivity contribution >= 4 is 23.6 Å². The Balaban J connectivity index is 1.64. The minimum absolute atomic E-state index is 0.229. The van der Waals surface area contributed by atoms with E-state index in [1.807, 2.05) is 36.4 Å². The Bertz CT molecular complexity index is 760. The Morgan fingerprint density at radius 3 is 2.44 bits per heavy atom. The molecule has 0 aromatic heterocycles. The largest absolute Gasteiger partial charge is 0.482 e. The molecule has 0 radical (unpaired) electrons. The van der Waals surface area contributed by atoms with Crippen molar-refractivity contribution in [1.82, 2.24) is 10.9 Å². The number of benzene rings is 2. The summed E-state index contributed by atoms with van der Waals surface area (Å²) in [4.78, 5) is 23.4. The van der Waals surface area contributed by atoms with Gasteiger partial charge in [0.2, 0.25) is 5.91 Å². The van der Waals surface area contributed by atoms with Crippen molar-refractivity contribution in [3.63, 3.8) is 0 Å². The molecule has 0 fully saturated rings. The summed E-state index contributed by atoms with van der Waals surface area (Å²) in [7, 11) is 0. The molecule has 0 saturated carbocycles. The minimum Gasteiger partial charge on any atom is -0.482 e. The smallest absolute Gasteiger partial charge is 0.276 e. The quantitative estimate of drug-likeness (QED) is 0.742. The fraction of sp³-hybridized carbons (Fsp3) is 0.167. The van der Waals surface area contributed by atoms with Crippen LogP contribution in [0, 0.1) is 11.3 Å². The summed E-state index contributed by atoms with van der Waals surface area (Å²) in [5.74, 6) is 0.467. The van der Waals surface area contributed by atoms with Crippen LogP contribution in [0.5, 0.6) is 5.75 Å². The molecule has 0 bridgehead atoms. The monoisotopic (exact) mass is 355 g/mol. The average molecular weight is 355 g/mol. The van der Waals surface area contributed by atoms with Gasteiger partial charge in [0.15, 0.2) is 6.61 Å². The Morgan fingerprint density at radius 1 is 1.00 bits per heavy atom. The third-order valence-corrected chi connectivity index (χ3v) is 4.06. The van der Waals surface area contributed by atoms with Crippen LogP contribution in [0.25, 0.3) is 0 Å². The molecule has 0 unspecified atom stereocenters. The van der Waals surface area contributed by atoms with Crippen LogP contribution in [0.3, 0.4) is 0 Å². The van der Waals surface area contributed by atoms with Crippen LogP contribution in [-0.2, 0) is 15.3 Å². The molecule has 2 amide bonds. The summed E-state index contributed by atoms with van der Waals surface area (Å²) in [5.41, 5.74) is 6.09. The number of carbonyl (C=O) groups excluding carboxylic acids is 2. The van der Waals surface area contributed by atoms with Crippen LogP contribution in [0.2, 0.25) is 0 Å². The maximum Gasteiger partial charge on any atom is 0.276 e. The fourth-order valence-electron chi connectivity index (χ4n) is 1.88. The molecular weight excluding hydrogens is 338 g/mol. The maximum atomic E-state index is 11.7. The first-order valence-corrected chi connectivity index (χ1v) is 8.66. The Labute approximate surface area is 150 Å². The molecule has 25 heavy (non-hydrogen) atoms. The van der Waals surface area contributed by atoms with Gasteiger partial charge >= 0.3 is 0 Å². The summed E-state index contributed by atoms with van der Waals surface area (Å²) >= 11 is 1.45. The number of hydrogen-bond acceptors (Lipinski definition) is 5. The highest BCUT2D eigenvalue weighted by atomic mass is 32.2. The van der Waals surface area contributed by atoms with Crippen molar-refractivity contribution < 1.29 is 14.3 Å². The molecule has 0 aliphatic heterocycles. The van der Waals surface area contributed by atoms with Crippen LogP contribution in [0.4, 0.5) is 0 Å².